The first-order valence-electron chi connectivity index (χ1n) is 6.89. The van der Waals surface area contributed by atoms with Crippen LogP contribution in [0.3, 0.4) is 0 Å². The summed E-state index contributed by atoms with van der Waals surface area (Å²) in [5.41, 5.74) is 6.12. The number of rotatable bonds is 1. The van der Waals surface area contributed by atoms with Gasteiger partial charge < -0.3 is 15.4 Å². The summed E-state index contributed by atoms with van der Waals surface area (Å²) in [6.45, 7) is 5.92. The third kappa shape index (κ3) is 3.60. The highest BCUT2D eigenvalue weighted by Crippen LogP contribution is 2.20. The van der Waals surface area contributed by atoms with E-state index in [0.717, 1.165) is 19.0 Å². The SMILES string of the molecule is C[C@@H]1CN(C(N)=NC2CCCCC2)C[C@H](C)O1. The van der Waals surface area contributed by atoms with Crippen molar-refractivity contribution >= 4 is 5.96 Å². The number of morpholine rings is 1. The average molecular weight is 239 g/mol. The zero-order valence-corrected chi connectivity index (χ0v) is 11.1. The van der Waals surface area contributed by atoms with E-state index in [4.69, 9.17) is 15.5 Å². The van der Waals surface area contributed by atoms with E-state index >= 15 is 0 Å². The van der Waals surface area contributed by atoms with Crippen molar-refractivity contribution in [2.45, 2.75) is 64.2 Å². The molecule has 0 radical (unpaired) electrons. The van der Waals surface area contributed by atoms with Crippen LogP contribution < -0.4 is 5.73 Å². The second-order valence-corrected chi connectivity index (χ2v) is 5.44. The minimum Gasteiger partial charge on any atom is -0.372 e. The molecule has 1 aliphatic carbocycles. The van der Waals surface area contributed by atoms with Crippen LogP contribution in [0, 0.1) is 0 Å². The Balaban J connectivity index is 1.93. The van der Waals surface area contributed by atoms with E-state index in [0.29, 0.717) is 6.04 Å². The number of nitrogens with two attached hydrogens (primary N) is 1. The fourth-order valence-corrected chi connectivity index (χ4v) is 2.84. The molecular weight excluding hydrogens is 214 g/mol. The monoisotopic (exact) mass is 239 g/mol. The molecule has 2 N–H and O–H groups in total. The van der Waals surface area contributed by atoms with Crippen LogP contribution in [0.15, 0.2) is 4.99 Å². The molecule has 4 heteroatoms. The van der Waals surface area contributed by atoms with Crippen molar-refractivity contribution in [2.24, 2.45) is 10.7 Å². The molecule has 2 aliphatic rings. The molecule has 1 aliphatic heterocycles. The van der Waals surface area contributed by atoms with Crippen LogP contribution in [-0.2, 0) is 4.74 Å². The third-order valence-electron chi connectivity index (χ3n) is 3.63. The first kappa shape index (κ1) is 12.7. The predicted molar refractivity (Wildman–Crippen MR) is 70.1 cm³/mol. The first-order valence-corrected chi connectivity index (χ1v) is 6.89. The predicted octanol–water partition coefficient (Wildman–Crippen LogP) is 1.74. The molecule has 17 heavy (non-hydrogen) atoms. The molecule has 0 unspecified atom stereocenters. The van der Waals surface area contributed by atoms with Gasteiger partial charge in [-0.2, -0.15) is 0 Å². The van der Waals surface area contributed by atoms with Gasteiger partial charge in [-0.25, -0.2) is 4.99 Å². The highest BCUT2D eigenvalue weighted by molar-refractivity contribution is 5.78. The molecule has 0 amide bonds. The Morgan fingerprint density at radius 3 is 2.29 bits per heavy atom. The molecule has 1 heterocycles. The zero-order chi connectivity index (χ0) is 12.3. The molecule has 0 aromatic carbocycles. The van der Waals surface area contributed by atoms with E-state index in [1.165, 1.54) is 32.1 Å². The average Bonchev–Trinajstić information content (AvgIpc) is 2.29. The Morgan fingerprint density at radius 1 is 1.12 bits per heavy atom. The summed E-state index contributed by atoms with van der Waals surface area (Å²) in [5.74, 6) is 0.721. The molecule has 0 aromatic rings. The summed E-state index contributed by atoms with van der Waals surface area (Å²) in [4.78, 5) is 6.87. The van der Waals surface area contributed by atoms with Gasteiger partial charge in [0.25, 0.3) is 0 Å². The largest absolute Gasteiger partial charge is 0.372 e. The standard InChI is InChI=1S/C13H25N3O/c1-10-8-16(9-11(2)17-10)13(14)15-12-6-4-3-5-7-12/h10-12H,3-9H2,1-2H3,(H2,14,15)/t10-,11+. The maximum atomic E-state index is 6.12. The normalized spacial score (nSPS) is 32.8. The summed E-state index contributed by atoms with van der Waals surface area (Å²) < 4.78 is 5.70. The van der Waals surface area contributed by atoms with Crippen molar-refractivity contribution in [3.63, 3.8) is 0 Å². The summed E-state index contributed by atoms with van der Waals surface area (Å²) in [5, 5.41) is 0. The van der Waals surface area contributed by atoms with Crippen molar-refractivity contribution in [3.8, 4) is 0 Å². The van der Waals surface area contributed by atoms with Gasteiger partial charge in [-0.3, -0.25) is 0 Å². The van der Waals surface area contributed by atoms with Gasteiger partial charge in [0, 0.05) is 13.1 Å². The molecule has 1 saturated heterocycles. The van der Waals surface area contributed by atoms with Crippen LogP contribution in [-0.4, -0.2) is 42.2 Å². The van der Waals surface area contributed by atoms with Gasteiger partial charge in [-0.15, -0.1) is 0 Å². The number of guanidine groups is 1. The lowest BCUT2D eigenvalue weighted by Gasteiger charge is -2.36. The zero-order valence-electron chi connectivity index (χ0n) is 11.1. The summed E-state index contributed by atoms with van der Waals surface area (Å²) in [6, 6.07) is 0.456. The molecule has 0 bridgehead atoms. The Kier molecular flexibility index (Phi) is 4.26. The van der Waals surface area contributed by atoms with E-state index in [1.807, 2.05) is 0 Å². The summed E-state index contributed by atoms with van der Waals surface area (Å²) in [7, 11) is 0. The molecule has 1 saturated carbocycles. The lowest BCUT2D eigenvalue weighted by atomic mass is 9.96. The van der Waals surface area contributed by atoms with Gasteiger partial charge in [-0.05, 0) is 26.7 Å². The van der Waals surface area contributed by atoms with Gasteiger partial charge in [0.2, 0.25) is 0 Å². The minimum absolute atomic E-state index is 0.249. The van der Waals surface area contributed by atoms with Gasteiger partial charge in [0.1, 0.15) is 0 Å². The number of nitrogens with zero attached hydrogens (tertiary/aromatic N) is 2. The minimum atomic E-state index is 0.249. The quantitative estimate of drug-likeness (QED) is 0.560. The number of aliphatic imine (C=N–C) groups is 1. The van der Waals surface area contributed by atoms with Crippen molar-refractivity contribution in [1.82, 2.24) is 4.90 Å². The maximum Gasteiger partial charge on any atom is 0.191 e. The van der Waals surface area contributed by atoms with Crippen LogP contribution >= 0.6 is 0 Å². The fraction of sp³-hybridized carbons (Fsp3) is 0.923. The molecule has 98 valence electrons. The van der Waals surface area contributed by atoms with Crippen LogP contribution in [0.5, 0.6) is 0 Å². The summed E-state index contributed by atoms with van der Waals surface area (Å²) in [6.07, 6.45) is 6.87. The fourth-order valence-electron chi connectivity index (χ4n) is 2.84. The molecule has 4 nitrogen and oxygen atoms in total. The third-order valence-corrected chi connectivity index (χ3v) is 3.63. The number of hydrogen-bond donors (Lipinski definition) is 1. The second kappa shape index (κ2) is 5.71. The van der Waals surface area contributed by atoms with Crippen molar-refractivity contribution in [3.05, 3.63) is 0 Å². The van der Waals surface area contributed by atoms with Crippen molar-refractivity contribution < 1.29 is 4.74 Å². The van der Waals surface area contributed by atoms with Crippen molar-refractivity contribution in [1.29, 1.82) is 0 Å². The van der Waals surface area contributed by atoms with E-state index in [2.05, 4.69) is 18.7 Å². The molecular formula is C13H25N3O. The lowest BCUT2D eigenvalue weighted by molar-refractivity contribution is -0.0484. The smallest absolute Gasteiger partial charge is 0.191 e. The molecule has 2 fully saturated rings. The second-order valence-electron chi connectivity index (χ2n) is 5.44. The molecule has 2 atom stereocenters. The number of hydrogen-bond acceptors (Lipinski definition) is 2. The Labute approximate surface area is 104 Å². The maximum absolute atomic E-state index is 6.12. The van der Waals surface area contributed by atoms with Gasteiger partial charge >= 0.3 is 0 Å². The van der Waals surface area contributed by atoms with Gasteiger partial charge in [0.05, 0.1) is 18.2 Å². The molecule has 0 aromatic heterocycles. The number of ether oxygens (including phenoxy) is 1. The van der Waals surface area contributed by atoms with Gasteiger partial charge in [0.15, 0.2) is 5.96 Å². The first-order chi connectivity index (χ1) is 8.15. The van der Waals surface area contributed by atoms with E-state index in [9.17, 15) is 0 Å². The Bertz CT molecular complexity index is 264. The lowest BCUT2D eigenvalue weighted by Crippen LogP contribution is -2.51. The van der Waals surface area contributed by atoms with Crippen LogP contribution in [0.1, 0.15) is 46.0 Å². The highest BCUT2D eigenvalue weighted by Gasteiger charge is 2.24. The van der Waals surface area contributed by atoms with Crippen LogP contribution in [0.2, 0.25) is 0 Å². The highest BCUT2D eigenvalue weighted by atomic mass is 16.5. The topological polar surface area (TPSA) is 50.8 Å². The molecule has 0 spiro atoms. The van der Waals surface area contributed by atoms with E-state index in [-0.39, 0.29) is 12.2 Å². The van der Waals surface area contributed by atoms with Gasteiger partial charge in [-0.1, -0.05) is 19.3 Å². The van der Waals surface area contributed by atoms with E-state index < -0.39 is 0 Å². The van der Waals surface area contributed by atoms with Crippen molar-refractivity contribution in [2.75, 3.05) is 13.1 Å². The summed E-state index contributed by atoms with van der Waals surface area (Å²) >= 11 is 0. The Hall–Kier alpha value is -0.770. The molecule has 2 rings (SSSR count). The van der Waals surface area contributed by atoms with Crippen LogP contribution in [0.25, 0.3) is 0 Å². The Morgan fingerprint density at radius 2 is 1.71 bits per heavy atom. The van der Waals surface area contributed by atoms with Crippen LogP contribution in [0.4, 0.5) is 0 Å². The van der Waals surface area contributed by atoms with E-state index in [1.54, 1.807) is 0 Å².